The molecule has 0 aliphatic heterocycles. The summed E-state index contributed by atoms with van der Waals surface area (Å²) in [7, 11) is 0. The fourth-order valence-electron chi connectivity index (χ4n) is 2.51. The van der Waals surface area contributed by atoms with Crippen molar-refractivity contribution in [2.75, 3.05) is 5.73 Å². The molecule has 6 heteroatoms. The number of amides is 1. The zero-order valence-electron chi connectivity index (χ0n) is 10.6. The molecule has 0 saturated heterocycles. The van der Waals surface area contributed by atoms with Gasteiger partial charge >= 0.3 is 0 Å². The highest BCUT2D eigenvalue weighted by Crippen LogP contribution is 2.35. The quantitative estimate of drug-likeness (QED) is 0.887. The largest absolute Gasteiger partial charge is 0.382 e. The van der Waals surface area contributed by atoms with Crippen molar-refractivity contribution in [1.82, 2.24) is 15.3 Å². The van der Waals surface area contributed by atoms with Gasteiger partial charge in [-0.3, -0.25) is 4.79 Å². The molecule has 1 aliphatic rings. The molecule has 0 saturated carbocycles. The molecule has 2 aromatic rings. The molecular formula is C14H13ClN4O. The Kier molecular flexibility index (Phi) is 3.28. The van der Waals surface area contributed by atoms with Crippen LogP contribution in [0, 0.1) is 0 Å². The summed E-state index contributed by atoms with van der Waals surface area (Å²) in [5.74, 6) is -0.178. The molecule has 0 fully saturated rings. The lowest BCUT2D eigenvalue weighted by Crippen LogP contribution is -2.28. The van der Waals surface area contributed by atoms with Crippen LogP contribution in [0.3, 0.4) is 0 Å². The Hall–Kier alpha value is -2.14. The van der Waals surface area contributed by atoms with E-state index >= 15 is 0 Å². The zero-order chi connectivity index (χ0) is 14.1. The number of carbonyl (C=O) groups is 1. The molecule has 3 rings (SSSR count). The number of fused-ring (bicyclic) bond motifs is 1. The van der Waals surface area contributed by atoms with Gasteiger partial charge in [0.1, 0.15) is 0 Å². The van der Waals surface area contributed by atoms with E-state index < -0.39 is 0 Å². The Bertz CT molecular complexity index is 674. The number of nitrogens with two attached hydrogens (primary N) is 1. The Morgan fingerprint density at radius 3 is 2.95 bits per heavy atom. The van der Waals surface area contributed by atoms with E-state index in [9.17, 15) is 4.79 Å². The topological polar surface area (TPSA) is 80.9 Å². The zero-order valence-corrected chi connectivity index (χ0v) is 11.4. The van der Waals surface area contributed by atoms with Crippen molar-refractivity contribution in [2.45, 2.75) is 18.9 Å². The van der Waals surface area contributed by atoms with Crippen molar-refractivity contribution in [3.63, 3.8) is 0 Å². The van der Waals surface area contributed by atoms with Crippen LogP contribution < -0.4 is 11.1 Å². The second-order valence-corrected chi connectivity index (χ2v) is 5.07. The minimum atomic E-state index is -0.312. The number of nitrogens with zero attached hydrogens (tertiary/aromatic N) is 2. The van der Waals surface area contributed by atoms with Crippen LogP contribution >= 0.6 is 11.6 Å². The average Bonchev–Trinajstić information content (AvgIpc) is 2.84. The number of hydrogen-bond donors (Lipinski definition) is 2. The number of nitrogen functional groups attached to an aromatic ring is 1. The molecule has 1 aromatic heterocycles. The van der Waals surface area contributed by atoms with E-state index in [-0.39, 0.29) is 23.5 Å². The molecule has 1 heterocycles. The maximum Gasteiger partial charge on any atom is 0.274 e. The van der Waals surface area contributed by atoms with Crippen molar-refractivity contribution in [2.24, 2.45) is 0 Å². The maximum atomic E-state index is 12.2. The number of anilines is 1. The summed E-state index contributed by atoms with van der Waals surface area (Å²) in [5.41, 5.74) is 7.98. The Morgan fingerprint density at radius 2 is 2.15 bits per heavy atom. The van der Waals surface area contributed by atoms with Gasteiger partial charge in [-0.1, -0.05) is 23.7 Å². The third-order valence-corrected chi connectivity index (χ3v) is 3.81. The SMILES string of the molecule is Nc1nccnc1C(=O)N[C@@H]1CCc2c(Cl)cccc21. The summed E-state index contributed by atoms with van der Waals surface area (Å²) < 4.78 is 0. The number of benzene rings is 1. The summed E-state index contributed by atoms with van der Waals surface area (Å²) in [5, 5.41) is 3.69. The van der Waals surface area contributed by atoms with Crippen LogP contribution in [-0.2, 0) is 6.42 Å². The maximum absolute atomic E-state index is 12.2. The van der Waals surface area contributed by atoms with Gasteiger partial charge in [-0.05, 0) is 30.0 Å². The van der Waals surface area contributed by atoms with E-state index in [4.69, 9.17) is 17.3 Å². The van der Waals surface area contributed by atoms with Gasteiger partial charge in [0.05, 0.1) is 6.04 Å². The lowest BCUT2D eigenvalue weighted by atomic mass is 10.1. The molecule has 0 radical (unpaired) electrons. The molecule has 1 atom stereocenters. The molecule has 0 unspecified atom stereocenters. The number of hydrogen-bond acceptors (Lipinski definition) is 4. The first kappa shape index (κ1) is 12.9. The summed E-state index contributed by atoms with van der Waals surface area (Å²) in [6.45, 7) is 0. The van der Waals surface area contributed by atoms with Crippen LogP contribution in [0.5, 0.6) is 0 Å². The van der Waals surface area contributed by atoms with E-state index in [0.717, 1.165) is 29.0 Å². The van der Waals surface area contributed by atoms with Crippen LogP contribution in [0.1, 0.15) is 34.1 Å². The minimum Gasteiger partial charge on any atom is -0.382 e. The number of aromatic nitrogens is 2. The number of nitrogens with one attached hydrogen (secondary N) is 1. The van der Waals surface area contributed by atoms with Crippen LogP contribution in [0.2, 0.25) is 5.02 Å². The summed E-state index contributed by atoms with van der Waals surface area (Å²) in [4.78, 5) is 20.0. The monoisotopic (exact) mass is 288 g/mol. The fourth-order valence-corrected chi connectivity index (χ4v) is 2.79. The highest BCUT2D eigenvalue weighted by atomic mass is 35.5. The molecule has 1 amide bonds. The van der Waals surface area contributed by atoms with Crippen LogP contribution in [-0.4, -0.2) is 15.9 Å². The van der Waals surface area contributed by atoms with E-state index in [0.29, 0.717) is 0 Å². The molecule has 1 aliphatic carbocycles. The predicted molar refractivity (Wildman–Crippen MR) is 76.4 cm³/mol. The summed E-state index contributed by atoms with van der Waals surface area (Å²) in [6, 6.07) is 5.69. The summed E-state index contributed by atoms with van der Waals surface area (Å²) in [6.07, 6.45) is 4.59. The van der Waals surface area contributed by atoms with E-state index in [2.05, 4.69) is 15.3 Å². The van der Waals surface area contributed by atoms with Gasteiger partial charge in [-0.25, -0.2) is 9.97 Å². The molecule has 3 N–H and O–H groups in total. The lowest BCUT2D eigenvalue weighted by Gasteiger charge is -2.14. The lowest BCUT2D eigenvalue weighted by molar-refractivity contribution is 0.0932. The minimum absolute atomic E-state index is 0.0578. The van der Waals surface area contributed by atoms with Crippen LogP contribution in [0.4, 0.5) is 5.82 Å². The van der Waals surface area contributed by atoms with Gasteiger partial charge < -0.3 is 11.1 Å². The third kappa shape index (κ3) is 2.20. The number of halogens is 1. The van der Waals surface area contributed by atoms with Crippen molar-refractivity contribution in [1.29, 1.82) is 0 Å². The second kappa shape index (κ2) is 5.09. The van der Waals surface area contributed by atoms with E-state index in [1.54, 1.807) is 0 Å². The van der Waals surface area contributed by atoms with Crippen molar-refractivity contribution >= 4 is 23.3 Å². The van der Waals surface area contributed by atoms with Gasteiger partial charge in [-0.15, -0.1) is 0 Å². The summed E-state index contributed by atoms with van der Waals surface area (Å²) >= 11 is 6.16. The first-order chi connectivity index (χ1) is 9.66. The Labute approximate surface area is 121 Å². The highest BCUT2D eigenvalue weighted by molar-refractivity contribution is 6.31. The molecule has 0 spiro atoms. The van der Waals surface area contributed by atoms with Gasteiger partial charge in [-0.2, -0.15) is 0 Å². The Balaban J connectivity index is 1.83. The van der Waals surface area contributed by atoms with E-state index in [1.807, 2.05) is 18.2 Å². The van der Waals surface area contributed by atoms with Gasteiger partial charge in [0.2, 0.25) is 0 Å². The predicted octanol–water partition coefficient (Wildman–Crippen LogP) is 2.13. The molecule has 0 bridgehead atoms. The Morgan fingerprint density at radius 1 is 1.35 bits per heavy atom. The van der Waals surface area contributed by atoms with Gasteiger partial charge in [0.15, 0.2) is 11.5 Å². The van der Waals surface area contributed by atoms with Gasteiger partial charge in [0, 0.05) is 17.4 Å². The van der Waals surface area contributed by atoms with Crippen LogP contribution in [0.25, 0.3) is 0 Å². The van der Waals surface area contributed by atoms with Crippen LogP contribution in [0.15, 0.2) is 30.6 Å². The standard InChI is InChI=1S/C14H13ClN4O/c15-10-3-1-2-9-8(10)4-5-11(9)19-14(20)12-13(16)18-7-6-17-12/h1-3,6-7,11H,4-5H2,(H2,16,18)(H,19,20)/t11-/m1/s1. The molecular weight excluding hydrogens is 276 g/mol. The number of rotatable bonds is 2. The average molecular weight is 289 g/mol. The normalized spacial score (nSPS) is 16.8. The second-order valence-electron chi connectivity index (χ2n) is 4.66. The van der Waals surface area contributed by atoms with Gasteiger partial charge in [0.25, 0.3) is 5.91 Å². The van der Waals surface area contributed by atoms with Crippen molar-refractivity contribution < 1.29 is 4.79 Å². The first-order valence-corrected chi connectivity index (χ1v) is 6.69. The number of carbonyl (C=O) groups excluding carboxylic acids is 1. The first-order valence-electron chi connectivity index (χ1n) is 6.31. The molecule has 5 nitrogen and oxygen atoms in total. The molecule has 20 heavy (non-hydrogen) atoms. The molecule has 1 aromatic carbocycles. The fraction of sp³-hybridized carbons (Fsp3) is 0.214. The molecule has 102 valence electrons. The highest BCUT2D eigenvalue weighted by Gasteiger charge is 2.26. The smallest absolute Gasteiger partial charge is 0.274 e. The third-order valence-electron chi connectivity index (χ3n) is 3.46. The van der Waals surface area contributed by atoms with Crippen molar-refractivity contribution in [3.05, 3.63) is 52.4 Å². The van der Waals surface area contributed by atoms with Crippen molar-refractivity contribution in [3.8, 4) is 0 Å². The van der Waals surface area contributed by atoms with E-state index in [1.165, 1.54) is 12.4 Å².